The van der Waals surface area contributed by atoms with Crippen molar-refractivity contribution in [2.75, 3.05) is 49.2 Å². The second-order valence-corrected chi connectivity index (χ2v) is 50.7. The van der Waals surface area contributed by atoms with E-state index in [1.165, 1.54) is 22.3 Å². The number of sulfonamides is 2. The number of hydrogen-bond donors (Lipinski definition) is 4. The lowest BCUT2D eigenvalue weighted by Crippen LogP contribution is -2.67. The summed E-state index contributed by atoms with van der Waals surface area (Å²) in [5, 5.41) is 26.5. The highest BCUT2D eigenvalue weighted by molar-refractivity contribution is 7.91. The number of halogens is 2. The molecule has 120 heavy (non-hydrogen) atoms. The third kappa shape index (κ3) is 18.0. The Morgan fingerprint density at radius 3 is 1.18 bits per heavy atom. The van der Waals surface area contributed by atoms with Crippen molar-refractivity contribution in [1.82, 2.24) is 9.44 Å². The topological polar surface area (TPSA) is 210 Å². The molecule has 22 heteroatoms. The van der Waals surface area contributed by atoms with Gasteiger partial charge < -0.3 is 38.3 Å². The average molecular weight is 1740 g/mol. The molecule has 2 fully saturated rings. The Hall–Kier alpha value is -7.87. The molecular formula is C98H118Cl2N4O12S2Si2. The zero-order chi connectivity index (χ0) is 84.6. The minimum atomic E-state index is -4.20. The summed E-state index contributed by atoms with van der Waals surface area (Å²) in [6, 6.07) is 64.2. The number of benzene rings is 8. The molecule has 16 rings (SSSR count). The molecule has 8 aromatic carbocycles. The number of hydrogen-bond acceptors (Lipinski definition) is 14. The molecule has 0 radical (unpaired) electrons. The summed E-state index contributed by atoms with van der Waals surface area (Å²) in [6.07, 6.45) is 16.6. The van der Waals surface area contributed by atoms with Crippen LogP contribution in [-0.4, -0.2) is 130 Å². The largest absolute Gasteiger partial charge is 0.490 e. The van der Waals surface area contributed by atoms with E-state index >= 15 is 0 Å². The van der Waals surface area contributed by atoms with E-state index in [-0.39, 0.29) is 81.4 Å². The van der Waals surface area contributed by atoms with Crippen molar-refractivity contribution < 1.29 is 55.0 Å². The fourth-order valence-corrected chi connectivity index (χ4v) is 34.0. The first-order valence-electron chi connectivity index (χ1n) is 43.4. The van der Waals surface area contributed by atoms with Gasteiger partial charge in [0.15, 0.2) is 0 Å². The van der Waals surface area contributed by atoms with Crippen LogP contribution in [0.3, 0.4) is 0 Å². The van der Waals surface area contributed by atoms with Gasteiger partial charge >= 0.3 is 0 Å². The maximum atomic E-state index is 14.5. The van der Waals surface area contributed by atoms with E-state index in [9.17, 15) is 36.6 Å². The van der Waals surface area contributed by atoms with Gasteiger partial charge in [-0.15, -0.1) is 0 Å². The van der Waals surface area contributed by atoms with Crippen LogP contribution in [0, 0.1) is 23.7 Å². The number of amides is 2. The Morgan fingerprint density at radius 1 is 0.492 bits per heavy atom. The van der Waals surface area contributed by atoms with Crippen LogP contribution < -0.4 is 49.5 Å². The molecule has 636 valence electrons. The summed E-state index contributed by atoms with van der Waals surface area (Å²) >= 11 is 13.0. The Balaban J connectivity index is 0.000000187. The highest BCUT2D eigenvalue weighted by Crippen LogP contribution is 2.51. The number of nitrogens with one attached hydrogen (secondary N) is 2. The number of nitrogens with zero attached hydrogens (tertiary/aromatic N) is 2. The second kappa shape index (κ2) is 35.8. The lowest BCUT2D eigenvalue weighted by Gasteiger charge is -2.45. The minimum absolute atomic E-state index is 0.0704. The fourth-order valence-electron chi connectivity index (χ4n) is 21.1. The second-order valence-electron chi connectivity index (χ2n) is 37.4. The lowest BCUT2D eigenvalue weighted by atomic mass is 9.68. The molecule has 0 aromatic heterocycles. The number of ether oxygens (including phenoxy) is 2. The first-order valence-corrected chi connectivity index (χ1v) is 51.1. The monoisotopic (exact) mass is 1730 g/mol. The van der Waals surface area contributed by atoms with Crippen molar-refractivity contribution in [2.24, 2.45) is 23.7 Å². The van der Waals surface area contributed by atoms with Gasteiger partial charge in [-0.25, -0.2) is 26.3 Å². The van der Waals surface area contributed by atoms with Gasteiger partial charge in [0, 0.05) is 70.4 Å². The molecule has 0 unspecified atom stereocenters. The first-order chi connectivity index (χ1) is 57.4. The van der Waals surface area contributed by atoms with Crippen LogP contribution in [0.5, 0.6) is 11.5 Å². The van der Waals surface area contributed by atoms with E-state index in [0.717, 1.165) is 106 Å². The minimum Gasteiger partial charge on any atom is -0.490 e. The maximum Gasteiger partial charge on any atom is 0.264 e. The van der Waals surface area contributed by atoms with Crippen LogP contribution in [0.4, 0.5) is 11.4 Å². The van der Waals surface area contributed by atoms with Crippen LogP contribution in [0.2, 0.25) is 20.1 Å². The summed E-state index contributed by atoms with van der Waals surface area (Å²) in [5.41, 5.74) is 6.41. The summed E-state index contributed by atoms with van der Waals surface area (Å²) in [4.78, 5) is 33.0. The van der Waals surface area contributed by atoms with Gasteiger partial charge in [-0.1, -0.05) is 223 Å². The van der Waals surface area contributed by atoms with E-state index in [1.54, 1.807) is 24.3 Å². The molecule has 12 atom stereocenters. The Bertz CT molecular complexity index is 4880. The zero-order valence-electron chi connectivity index (χ0n) is 70.6. The third-order valence-electron chi connectivity index (χ3n) is 27.4. The summed E-state index contributed by atoms with van der Waals surface area (Å²) in [7, 11) is -14.4. The van der Waals surface area contributed by atoms with Crippen molar-refractivity contribution in [2.45, 2.75) is 214 Å². The number of rotatable bonds is 12. The van der Waals surface area contributed by atoms with Crippen LogP contribution in [-0.2, 0) is 52.6 Å². The van der Waals surface area contributed by atoms with Gasteiger partial charge in [0.25, 0.3) is 28.4 Å². The van der Waals surface area contributed by atoms with Gasteiger partial charge in [-0.3, -0.25) is 9.59 Å². The van der Waals surface area contributed by atoms with E-state index in [1.807, 2.05) is 135 Å². The SMILES string of the molecule is C[C@H](C[C@@H]1CC/C=C/[C@H](O)[C@@H]2CC[C@H]2CN2C[C@@]3(CCCc4cc(Cl)ccc43)COc3ccc(cc32)C(=O)NS1(=O)=O)O[Si](c1ccccc1)(c1ccccc1)C(C)(C)C.C[C@H](C[C@H]1CC/C=C/[C@H](O)[C@@H]2CC[C@H]2CN2C[C@@]3(CCCc4cc(Cl)ccc43)COc3ccc(cc32)C(=O)NS1(=O)=O)O[Si](c1ccccc1)(c1ccccc1)C(C)(C)C. The molecular weight excluding hydrogens is 1620 g/mol. The quantitative estimate of drug-likeness (QED) is 0.0663. The van der Waals surface area contributed by atoms with Crippen LogP contribution in [0.25, 0.3) is 0 Å². The Morgan fingerprint density at radius 2 is 0.850 bits per heavy atom. The molecule has 0 saturated heterocycles. The van der Waals surface area contributed by atoms with Gasteiger partial charge in [-0.2, -0.15) is 0 Å². The van der Waals surface area contributed by atoms with E-state index in [2.05, 4.69) is 134 Å². The molecule has 4 aliphatic carbocycles. The van der Waals surface area contributed by atoms with E-state index < -0.39 is 83.4 Å². The number of allylic oxidation sites excluding steroid dienone is 2. The zero-order valence-corrected chi connectivity index (χ0v) is 75.7. The number of fused-ring (bicyclic) bond motifs is 8. The summed E-state index contributed by atoms with van der Waals surface area (Å²) < 4.78 is 91.0. The van der Waals surface area contributed by atoms with E-state index in [0.29, 0.717) is 63.7 Å². The standard InChI is InChI=1S/2C49H59ClN2O6SSi/c2*1-34(58-60(48(2,3)4,40-16-7-5-8-17-40)41-18-9-6-10-19-41)28-39-15-11-12-20-45(53)42-24-21-37(42)31-52-32-49(27-13-14-35-29-38(50)23-25-43(35)49)33-57-46-26-22-36(30-44(46)52)47(54)51-59(39,55)56/h2*5-10,12,16-20,22-23,25-26,29-30,34,37,39,42,45,53H,11,13-15,21,24,27-28,31-33H2,1-4H3,(H,51,54)/b2*20-12+/t34-,37+,39+,42-,45+,49+;34-,37+,39-,42-,45+,49+/m11/s1. The molecule has 16 nitrogen and oxygen atoms in total. The van der Waals surface area contributed by atoms with Crippen molar-refractivity contribution in [3.05, 3.63) is 262 Å². The van der Waals surface area contributed by atoms with Crippen LogP contribution in [0.1, 0.15) is 188 Å². The molecule has 2 saturated carbocycles. The molecule has 4 aliphatic heterocycles. The predicted octanol–water partition coefficient (Wildman–Crippen LogP) is 16.7. The van der Waals surface area contributed by atoms with Crippen LogP contribution in [0.15, 0.2) is 218 Å². The molecule has 4 bridgehead atoms. The van der Waals surface area contributed by atoms with Crippen molar-refractivity contribution in [3.63, 3.8) is 0 Å². The number of carbonyl (C=O) groups excluding carboxylic acids is 2. The first kappa shape index (κ1) is 87.0. The van der Waals surface area contributed by atoms with Gasteiger partial charge in [0.1, 0.15) is 11.5 Å². The molecule has 2 spiro atoms. The number of aliphatic hydroxyl groups excluding tert-OH is 2. The van der Waals surface area contributed by atoms with E-state index in [4.69, 9.17) is 41.5 Å². The Kier molecular flexibility index (Phi) is 25.9. The molecule has 2 amide bonds. The summed E-state index contributed by atoms with van der Waals surface area (Å²) in [6.45, 7) is 20.8. The van der Waals surface area contributed by atoms with Crippen LogP contribution >= 0.6 is 23.2 Å². The van der Waals surface area contributed by atoms with Crippen molar-refractivity contribution >= 4 is 104 Å². The predicted molar refractivity (Wildman–Crippen MR) is 488 cm³/mol. The third-order valence-corrected chi connectivity index (χ3v) is 41.8. The average Bonchev–Trinajstić information content (AvgIpc) is 1.50. The number of aryl methyl sites for hydroxylation is 2. The smallest absolute Gasteiger partial charge is 0.264 e. The lowest BCUT2D eigenvalue weighted by molar-refractivity contribution is 0.0454. The molecule has 4 N–H and O–H groups in total. The Labute approximate surface area is 723 Å². The normalized spacial score (nSPS) is 26.6. The number of carbonyl (C=O) groups is 2. The molecule has 4 heterocycles. The number of aliphatic hydroxyl groups is 2. The van der Waals surface area contributed by atoms with Gasteiger partial charge in [0.2, 0.25) is 20.0 Å². The van der Waals surface area contributed by atoms with Crippen molar-refractivity contribution in [3.8, 4) is 11.5 Å². The maximum absolute atomic E-state index is 14.5. The fraction of sp³-hybridized carbons (Fsp3) is 0.449. The highest BCUT2D eigenvalue weighted by Gasteiger charge is 2.54. The van der Waals surface area contributed by atoms with Gasteiger partial charge in [-0.05, 0) is 254 Å². The molecule has 8 aromatic rings. The summed E-state index contributed by atoms with van der Waals surface area (Å²) in [5.74, 6) is 0.605. The highest BCUT2D eigenvalue weighted by atomic mass is 35.5. The molecule has 8 aliphatic rings. The van der Waals surface area contributed by atoms with Gasteiger partial charge in [0.05, 0.1) is 47.3 Å². The number of anilines is 2. The van der Waals surface area contributed by atoms with Crippen molar-refractivity contribution in [1.29, 1.82) is 0 Å².